The molecule has 0 unspecified atom stereocenters. The van der Waals surface area contributed by atoms with Gasteiger partial charge in [-0.3, -0.25) is 10.1 Å². The van der Waals surface area contributed by atoms with Gasteiger partial charge in [0.1, 0.15) is 5.82 Å². The Hall–Kier alpha value is -2.01. The minimum Gasteiger partial charge on any atom is -0.311 e. The second-order valence-electron chi connectivity index (χ2n) is 2.80. The van der Waals surface area contributed by atoms with E-state index in [1.165, 1.54) is 0 Å². The van der Waals surface area contributed by atoms with Crippen molar-refractivity contribution in [2.45, 2.75) is 13.3 Å². The van der Waals surface area contributed by atoms with Crippen molar-refractivity contribution >= 4 is 5.91 Å². The summed E-state index contributed by atoms with van der Waals surface area (Å²) in [5, 5.41) is 21.7. The molecule has 1 aliphatic heterocycles. The van der Waals surface area contributed by atoms with Crippen LogP contribution in [0.4, 0.5) is 0 Å². The molecule has 0 aromatic heterocycles. The van der Waals surface area contributed by atoms with Crippen molar-refractivity contribution in [3.63, 3.8) is 0 Å². The Labute approximate surface area is 75.6 Å². The van der Waals surface area contributed by atoms with Gasteiger partial charge in [0.05, 0.1) is 11.6 Å². The molecule has 1 atom stereocenters. The summed E-state index contributed by atoms with van der Waals surface area (Å²) in [4.78, 5) is 11.1. The first kappa shape index (κ1) is 9.08. The minimum atomic E-state index is -0.209. The zero-order valence-corrected chi connectivity index (χ0v) is 7.09. The zero-order valence-electron chi connectivity index (χ0n) is 7.09. The summed E-state index contributed by atoms with van der Waals surface area (Å²) in [6, 6.07) is 1.94. The van der Waals surface area contributed by atoms with Crippen LogP contribution in [0, 0.1) is 28.7 Å². The fourth-order valence-corrected chi connectivity index (χ4v) is 1.09. The average Bonchev–Trinajstić information content (AvgIpc) is 2.11. The van der Waals surface area contributed by atoms with Crippen LogP contribution in [0.3, 0.4) is 0 Å². The average molecular weight is 176 g/mol. The highest BCUT2D eigenvalue weighted by Gasteiger charge is 2.24. The molecular weight excluding hydrogens is 168 g/mol. The predicted molar refractivity (Wildman–Crippen MR) is 43.3 cm³/mol. The van der Waals surface area contributed by atoms with E-state index in [1.807, 2.05) is 6.07 Å². The molecule has 5 nitrogen and oxygen atoms in total. The van der Waals surface area contributed by atoms with Crippen LogP contribution in [0.5, 0.6) is 0 Å². The Balaban J connectivity index is 2.94. The van der Waals surface area contributed by atoms with E-state index in [0.29, 0.717) is 12.0 Å². The summed E-state index contributed by atoms with van der Waals surface area (Å²) >= 11 is 0. The van der Waals surface area contributed by atoms with Gasteiger partial charge in [-0.05, 0) is 6.42 Å². The van der Waals surface area contributed by atoms with E-state index in [0.717, 1.165) is 0 Å². The van der Waals surface area contributed by atoms with Gasteiger partial charge in [0.2, 0.25) is 5.91 Å². The van der Waals surface area contributed by atoms with E-state index in [9.17, 15) is 4.79 Å². The van der Waals surface area contributed by atoms with Crippen LogP contribution in [0.25, 0.3) is 0 Å². The van der Waals surface area contributed by atoms with E-state index in [1.54, 1.807) is 13.1 Å². The first-order chi connectivity index (χ1) is 6.19. The van der Waals surface area contributed by atoms with E-state index < -0.39 is 0 Å². The molecule has 0 spiro atoms. The Morgan fingerprint density at radius 2 is 2.31 bits per heavy atom. The van der Waals surface area contributed by atoms with Gasteiger partial charge in [-0.25, -0.2) is 0 Å². The molecule has 1 heterocycles. The van der Waals surface area contributed by atoms with Gasteiger partial charge >= 0.3 is 0 Å². The molecule has 0 fully saturated rings. The third-order valence-corrected chi connectivity index (χ3v) is 1.82. The zero-order chi connectivity index (χ0) is 9.84. The van der Waals surface area contributed by atoms with Crippen molar-refractivity contribution < 1.29 is 4.79 Å². The smallest absolute Gasteiger partial charge is 0.228 e. The van der Waals surface area contributed by atoms with Crippen LogP contribution in [0.15, 0.2) is 11.4 Å². The van der Waals surface area contributed by atoms with Crippen LogP contribution < -0.4 is 10.6 Å². The van der Waals surface area contributed by atoms with Crippen molar-refractivity contribution in [3.8, 4) is 12.3 Å². The Morgan fingerprint density at radius 3 is 2.85 bits per heavy atom. The lowest BCUT2D eigenvalue weighted by atomic mass is 9.98. The quantitative estimate of drug-likeness (QED) is 0.433. The van der Waals surface area contributed by atoms with Gasteiger partial charge in [-0.1, -0.05) is 6.92 Å². The lowest BCUT2D eigenvalue weighted by molar-refractivity contribution is -0.124. The normalized spacial score (nSPS) is 21.5. The monoisotopic (exact) mass is 176 g/mol. The highest BCUT2D eigenvalue weighted by atomic mass is 16.2. The molecule has 5 heteroatoms. The molecule has 2 N–H and O–H groups in total. The molecule has 1 aliphatic rings. The number of nitrogens with zero attached hydrogens (tertiary/aromatic N) is 2. The van der Waals surface area contributed by atoms with Crippen molar-refractivity contribution in [2.24, 2.45) is 5.92 Å². The van der Waals surface area contributed by atoms with Crippen LogP contribution in [0.2, 0.25) is 0 Å². The minimum absolute atomic E-state index is 0.170. The van der Waals surface area contributed by atoms with Gasteiger partial charge in [0.15, 0.2) is 6.19 Å². The van der Waals surface area contributed by atoms with Gasteiger partial charge < -0.3 is 5.32 Å². The molecule has 0 aliphatic carbocycles. The van der Waals surface area contributed by atoms with E-state index in [2.05, 4.69) is 10.6 Å². The molecule has 66 valence electrons. The molecule has 0 radical (unpaired) electrons. The van der Waals surface area contributed by atoms with Gasteiger partial charge in [0.25, 0.3) is 0 Å². The first-order valence-electron chi connectivity index (χ1n) is 3.78. The highest BCUT2D eigenvalue weighted by Crippen LogP contribution is 2.17. The number of hydrogen-bond acceptors (Lipinski definition) is 4. The Kier molecular flexibility index (Phi) is 2.51. The fraction of sp³-hybridized carbons (Fsp3) is 0.375. The number of hydrogen-bond donors (Lipinski definition) is 2. The third kappa shape index (κ3) is 1.77. The molecule has 0 aromatic carbocycles. The highest BCUT2D eigenvalue weighted by molar-refractivity contribution is 5.82. The molecule has 0 aromatic rings. The van der Waals surface area contributed by atoms with Gasteiger partial charge in [0, 0.05) is 5.92 Å². The lowest BCUT2D eigenvalue weighted by Gasteiger charge is -2.20. The predicted octanol–water partition coefficient (Wildman–Crippen LogP) is -0.0517. The molecule has 13 heavy (non-hydrogen) atoms. The van der Waals surface area contributed by atoms with Crippen molar-refractivity contribution in [1.82, 2.24) is 10.6 Å². The number of nitriles is 2. The second-order valence-corrected chi connectivity index (χ2v) is 2.80. The number of carbonyl (C=O) groups excluding carboxylic acids is 1. The van der Waals surface area contributed by atoms with Crippen molar-refractivity contribution in [2.75, 3.05) is 0 Å². The first-order valence-corrected chi connectivity index (χ1v) is 3.78. The maximum absolute atomic E-state index is 11.1. The van der Waals surface area contributed by atoms with E-state index in [4.69, 9.17) is 10.5 Å². The number of allylic oxidation sites excluding steroid dienone is 1. The molecule has 1 amide bonds. The number of rotatable bonds is 1. The standard InChI is InChI=1S/C8H8N4O/c1-5-2-6(3-9)7(11-4-10)12-8(5)13/h5,11H,2H2,1H3,(H,12,13)/t5-/m0/s1. The SMILES string of the molecule is C[C@H]1CC(C#N)=C(NC#N)NC1=O. The molecular formula is C8H8N4O. The van der Waals surface area contributed by atoms with Crippen LogP contribution in [-0.4, -0.2) is 5.91 Å². The molecule has 0 saturated carbocycles. The number of carbonyl (C=O) groups is 1. The Bertz CT molecular complexity index is 344. The number of nitrogens with one attached hydrogen (secondary N) is 2. The summed E-state index contributed by atoms with van der Waals surface area (Å²) in [7, 11) is 0. The summed E-state index contributed by atoms with van der Waals surface area (Å²) in [5.74, 6) is -0.163. The van der Waals surface area contributed by atoms with Gasteiger partial charge in [-0.2, -0.15) is 10.5 Å². The maximum atomic E-state index is 11.1. The van der Waals surface area contributed by atoms with Crippen LogP contribution in [0.1, 0.15) is 13.3 Å². The second kappa shape index (κ2) is 3.59. The lowest BCUT2D eigenvalue weighted by Crippen LogP contribution is -2.38. The summed E-state index contributed by atoms with van der Waals surface area (Å²) in [5.41, 5.74) is 0.411. The maximum Gasteiger partial charge on any atom is 0.228 e. The molecule has 1 rings (SSSR count). The summed E-state index contributed by atoms with van der Waals surface area (Å²) in [6.45, 7) is 1.73. The van der Waals surface area contributed by atoms with E-state index in [-0.39, 0.29) is 17.6 Å². The van der Waals surface area contributed by atoms with Gasteiger partial charge in [-0.15, -0.1) is 0 Å². The van der Waals surface area contributed by atoms with Crippen LogP contribution >= 0.6 is 0 Å². The van der Waals surface area contributed by atoms with Crippen molar-refractivity contribution in [1.29, 1.82) is 10.5 Å². The van der Waals surface area contributed by atoms with Crippen molar-refractivity contribution in [3.05, 3.63) is 11.4 Å². The Morgan fingerprint density at radius 1 is 1.62 bits per heavy atom. The fourth-order valence-electron chi connectivity index (χ4n) is 1.09. The summed E-state index contributed by atoms with van der Waals surface area (Å²) in [6.07, 6.45) is 2.04. The molecule has 0 saturated heterocycles. The number of amides is 1. The van der Waals surface area contributed by atoms with E-state index >= 15 is 0 Å². The third-order valence-electron chi connectivity index (χ3n) is 1.82. The van der Waals surface area contributed by atoms with Crippen LogP contribution in [-0.2, 0) is 4.79 Å². The largest absolute Gasteiger partial charge is 0.311 e. The summed E-state index contributed by atoms with van der Waals surface area (Å²) < 4.78 is 0. The molecule has 0 bridgehead atoms. The topological polar surface area (TPSA) is 88.7 Å².